The van der Waals surface area contributed by atoms with Crippen molar-refractivity contribution in [3.8, 4) is 5.69 Å². The summed E-state index contributed by atoms with van der Waals surface area (Å²) in [5.74, 6) is -0.134. The van der Waals surface area contributed by atoms with Crippen LogP contribution in [-0.2, 0) is 21.2 Å². The maximum atomic E-state index is 12.7. The van der Waals surface area contributed by atoms with E-state index in [-0.39, 0.29) is 10.8 Å². The molecule has 162 valence electrons. The number of carbonyl (C=O) groups is 1. The Morgan fingerprint density at radius 1 is 0.935 bits per heavy atom. The zero-order valence-corrected chi connectivity index (χ0v) is 17.9. The predicted molar refractivity (Wildman–Crippen MR) is 118 cm³/mol. The summed E-state index contributed by atoms with van der Waals surface area (Å²) >= 11 is 0. The molecule has 0 saturated carbocycles. The van der Waals surface area contributed by atoms with Gasteiger partial charge in [0.05, 0.1) is 18.1 Å². The molecule has 2 heterocycles. The molecule has 1 aromatic heterocycles. The topological polar surface area (TPSA) is 80.6 Å². The molecule has 8 heteroatoms. The number of nitrogens with zero attached hydrogens (tertiary/aromatic N) is 2. The minimum atomic E-state index is -3.49. The maximum Gasteiger partial charge on any atom is 0.251 e. The molecular formula is C23H25N3O4S. The molecule has 1 N–H and O–H groups in total. The molecule has 0 aliphatic carbocycles. The normalized spacial score (nSPS) is 15.0. The summed E-state index contributed by atoms with van der Waals surface area (Å²) in [5.41, 5.74) is 2.56. The predicted octanol–water partition coefficient (Wildman–Crippen LogP) is 2.47. The van der Waals surface area contributed by atoms with Gasteiger partial charge in [-0.15, -0.1) is 0 Å². The van der Waals surface area contributed by atoms with Gasteiger partial charge in [0.1, 0.15) is 0 Å². The van der Waals surface area contributed by atoms with Gasteiger partial charge in [0.15, 0.2) is 0 Å². The molecule has 0 radical (unpaired) electrons. The van der Waals surface area contributed by atoms with Gasteiger partial charge in [0, 0.05) is 43.3 Å². The van der Waals surface area contributed by atoms with Crippen LogP contribution in [0, 0.1) is 0 Å². The second-order valence-electron chi connectivity index (χ2n) is 7.30. The van der Waals surface area contributed by atoms with Crippen molar-refractivity contribution >= 4 is 15.9 Å². The van der Waals surface area contributed by atoms with Crippen LogP contribution in [0.3, 0.4) is 0 Å². The van der Waals surface area contributed by atoms with Gasteiger partial charge in [-0.25, -0.2) is 8.42 Å². The number of ether oxygens (including phenoxy) is 1. The number of benzene rings is 2. The Bertz CT molecular complexity index is 1100. The van der Waals surface area contributed by atoms with Gasteiger partial charge in [-0.3, -0.25) is 4.79 Å². The van der Waals surface area contributed by atoms with Crippen LogP contribution >= 0.6 is 0 Å². The molecule has 1 amide bonds. The second-order valence-corrected chi connectivity index (χ2v) is 9.24. The zero-order valence-electron chi connectivity index (χ0n) is 17.1. The van der Waals surface area contributed by atoms with E-state index in [2.05, 4.69) is 5.32 Å². The fourth-order valence-electron chi connectivity index (χ4n) is 3.48. The van der Waals surface area contributed by atoms with Gasteiger partial charge in [0.25, 0.3) is 5.91 Å². The highest BCUT2D eigenvalue weighted by atomic mass is 32.2. The average Bonchev–Trinajstić information content (AvgIpc) is 3.35. The number of nitrogens with one attached hydrogen (secondary N) is 1. The average molecular weight is 440 g/mol. The smallest absolute Gasteiger partial charge is 0.251 e. The van der Waals surface area contributed by atoms with Crippen LogP contribution in [0.1, 0.15) is 15.9 Å². The van der Waals surface area contributed by atoms with Crippen molar-refractivity contribution in [1.82, 2.24) is 14.2 Å². The number of aromatic nitrogens is 1. The van der Waals surface area contributed by atoms with E-state index in [0.717, 1.165) is 11.3 Å². The van der Waals surface area contributed by atoms with E-state index in [0.29, 0.717) is 44.8 Å². The van der Waals surface area contributed by atoms with Crippen LogP contribution in [-0.4, -0.2) is 56.0 Å². The molecular weight excluding hydrogens is 414 g/mol. The highest BCUT2D eigenvalue weighted by Gasteiger charge is 2.26. The summed E-state index contributed by atoms with van der Waals surface area (Å²) in [6.45, 7) is 2.07. The van der Waals surface area contributed by atoms with E-state index in [1.54, 1.807) is 36.4 Å². The first-order valence-electron chi connectivity index (χ1n) is 10.2. The third-order valence-corrected chi connectivity index (χ3v) is 7.18. The Morgan fingerprint density at radius 2 is 1.58 bits per heavy atom. The van der Waals surface area contributed by atoms with Gasteiger partial charge in [0.2, 0.25) is 10.0 Å². The van der Waals surface area contributed by atoms with E-state index < -0.39 is 10.0 Å². The Morgan fingerprint density at radius 3 is 2.23 bits per heavy atom. The molecule has 31 heavy (non-hydrogen) atoms. The summed E-state index contributed by atoms with van der Waals surface area (Å²) in [7, 11) is -3.49. The van der Waals surface area contributed by atoms with Crippen LogP contribution in [0.5, 0.6) is 0 Å². The molecule has 0 atom stereocenters. The minimum absolute atomic E-state index is 0.134. The van der Waals surface area contributed by atoms with Crippen molar-refractivity contribution in [1.29, 1.82) is 0 Å². The molecule has 1 aliphatic heterocycles. The highest BCUT2D eigenvalue weighted by molar-refractivity contribution is 7.89. The van der Waals surface area contributed by atoms with Crippen molar-refractivity contribution in [2.24, 2.45) is 0 Å². The summed E-state index contributed by atoms with van der Waals surface area (Å²) in [4.78, 5) is 12.7. The van der Waals surface area contributed by atoms with Crippen molar-refractivity contribution in [3.63, 3.8) is 0 Å². The van der Waals surface area contributed by atoms with Crippen LogP contribution in [0.25, 0.3) is 5.69 Å². The van der Waals surface area contributed by atoms with Crippen molar-refractivity contribution in [3.05, 3.63) is 84.2 Å². The van der Waals surface area contributed by atoms with Gasteiger partial charge >= 0.3 is 0 Å². The molecule has 0 bridgehead atoms. The Balaban J connectivity index is 1.30. The maximum absolute atomic E-state index is 12.7. The molecule has 1 saturated heterocycles. The number of amides is 1. The van der Waals surface area contributed by atoms with Crippen molar-refractivity contribution in [2.45, 2.75) is 11.3 Å². The van der Waals surface area contributed by atoms with E-state index in [1.807, 2.05) is 41.2 Å². The van der Waals surface area contributed by atoms with E-state index in [9.17, 15) is 13.2 Å². The fraction of sp³-hybridized carbons (Fsp3) is 0.261. The molecule has 0 unspecified atom stereocenters. The number of rotatable bonds is 7. The first-order valence-corrected chi connectivity index (χ1v) is 11.7. The number of hydrogen-bond acceptors (Lipinski definition) is 4. The summed E-state index contributed by atoms with van der Waals surface area (Å²) < 4.78 is 34.0. The lowest BCUT2D eigenvalue weighted by Gasteiger charge is -2.26. The van der Waals surface area contributed by atoms with E-state index in [4.69, 9.17) is 4.74 Å². The van der Waals surface area contributed by atoms with E-state index >= 15 is 0 Å². The van der Waals surface area contributed by atoms with Gasteiger partial charge in [-0.2, -0.15) is 4.31 Å². The van der Waals surface area contributed by atoms with Crippen LogP contribution in [0.2, 0.25) is 0 Å². The highest BCUT2D eigenvalue weighted by Crippen LogP contribution is 2.18. The van der Waals surface area contributed by atoms with Crippen molar-refractivity contribution in [2.75, 3.05) is 32.8 Å². The first-order chi connectivity index (χ1) is 15.0. The lowest BCUT2D eigenvalue weighted by atomic mass is 10.1. The second kappa shape index (κ2) is 9.47. The van der Waals surface area contributed by atoms with Crippen LogP contribution in [0.15, 0.2) is 78.0 Å². The largest absolute Gasteiger partial charge is 0.379 e. The number of morpholine rings is 1. The standard InChI is InChI=1S/C23H25N3O4S/c27-23(20-5-7-21(8-6-20)25-13-1-2-14-25)24-12-11-19-3-9-22(10-4-19)31(28,29)26-15-17-30-18-16-26/h1-10,13-14H,11-12,15-18H2,(H,24,27). The molecule has 1 fully saturated rings. The van der Waals surface area contributed by atoms with Gasteiger partial charge in [-0.1, -0.05) is 12.1 Å². The molecule has 7 nitrogen and oxygen atoms in total. The Labute approximate surface area is 182 Å². The van der Waals surface area contributed by atoms with Gasteiger partial charge in [-0.05, 0) is 60.5 Å². The number of hydrogen-bond donors (Lipinski definition) is 1. The molecule has 3 aromatic rings. The summed E-state index contributed by atoms with van der Waals surface area (Å²) in [5, 5.41) is 2.91. The Hall–Kier alpha value is -2.94. The lowest BCUT2D eigenvalue weighted by molar-refractivity contribution is 0.0730. The van der Waals surface area contributed by atoms with Gasteiger partial charge < -0.3 is 14.6 Å². The van der Waals surface area contributed by atoms with Crippen LogP contribution in [0.4, 0.5) is 0 Å². The van der Waals surface area contributed by atoms with Crippen molar-refractivity contribution < 1.29 is 17.9 Å². The quantitative estimate of drug-likeness (QED) is 0.613. The summed E-state index contributed by atoms with van der Waals surface area (Å²) in [6, 6.07) is 18.2. The zero-order chi connectivity index (χ0) is 21.7. The summed E-state index contributed by atoms with van der Waals surface area (Å²) in [6.07, 6.45) is 4.52. The monoisotopic (exact) mass is 439 g/mol. The third-order valence-electron chi connectivity index (χ3n) is 5.26. The number of carbonyl (C=O) groups excluding carboxylic acids is 1. The fourth-order valence-corrected chi connectivity index (χ4v) is 4.89. The minimum Gasteiger partial charge on any atom is -0.379 e. The molecule has 1 aliphatic rings. The lowest BCUT2D eigenvalue weighted by Crippen LogP contribution is -2.40. The van der Waals surface area contributed by atoms with Crippen LogP contribution < -0.4 is 5.32 Å². The SMILES string of the molecule is O=C(NCCc1ccc(S(=O)(=O)N2CCOCC2)cc1)c1ccc(-n2cccc2)cc1. The number of sulfonamides is 1. The molecule has 2 aromatic carbocycles. The molecule has 0 spiro atoms. The van der Waals surface area contributed by atoms with E-state index in [1.165, 1.54) is 4.31 Å². The molecule has 4 rings (SSSR count). The first kappa shape index (κ1) is 21.3. The Kier molecular flexibility index (Phi) is 6.50. The third kappa shape index (κ3) is 5.04.